The Labute approximate surface area is 144 Å². The Morgan fingerprint density at radius 3 is 2.67 bits per heavy atom. The summed E-state index contributed by atoms with van der Waals surface area (Å²) < 4.78 is 5.93. The number of nitrogens with one attached hydrogen (secondary N) is 1. The average Bonchev–Trinajstić information content (AvgIpc) is 2.99. The van der Waals surface area contributed by atoms with E-state index >= 15 is 0 Å². The summed E-state index contributed by atoms with van der Waals surface area (Å²) in [6.07, 6.45) is 3.75. The van der Waals surface area contributed by atoms with Crippen molar-refractivity contribution in [3.05, 3.63) is 47.5 Å². The van der Waals surface area contributed by atoms with Gasteiger partial charge in [-0.05, 0) is 49.9 Å². The Balaban J connectivity index is 2.05. The number of aryl methyl sites for hydroxylation is 2. The van der Waals surface area contributed by atoms with Crippen molar-refractivity contribution in [1.29, 1.82) is 5.26 Å². The third-order valence-corrected chi connectivity index (χ3v) is 4.13. The standard InChI is InChI=1S/C18H16N4OS/c1-11-4-6-13(7-5-11)17-22-15-9-14(8-12(2)16(15)23-17)21-18(24-3)20-10-19/h4-9H,1-3H3,(H,20,21). The molecule has 6 heteroatoms. The van der Waals surface area contributed by atoms with Gasteiger partial charge in [0.2, 0.25) is 5.89 Å². The molecule has 0 aliphatic rings. The van der Waals surface area contributed by atoms with Crippen LogP contribution < -0.4 is 5.32 Å². The highest BCUT2D eigenvalue weighted by atomic mass is 32.2. The van der Waals surface area contributed by atoms with Gasteiger partial charge in [0.15, 0.2) is 16.9 Å². The van der Waals surface area contributed by atoms with Gasteiger partial charge in [-0.2, -0.15) is 5.26 Å². The molecule has 5 nitrogen and oxygen atoms in total. The Hall–Kier alpha value is -2.78. The summed E-state index contributed by atoms with van der Waals surface area (Å²) in [4.78, 5) is 9.02. The van der Waals surface area contributed by atoms with Gasteiger partial charge in [0.05, 0.1) is 5.69 Å². The van der Waals surface area contributed by atoms with E-state index in [2.05, 4.69) is 15.3 Å². The van der Waals surface area contributed by atoms with Gasteiger partial charge in [-0.3, -0.25) is 5.32 Å². The van der Waals surface area contributed by atoms with Crippen molar-refractivity contribution < 1.29 is 4.42 Å². The van der Waals surface area contributed by atoms with Crippen LogP contribution in [0.25, 0.3) is 22.6 Å². The summed E-state index contributed by atoms with van der Waals surface area (Å²) in [5, 5.41) is 11.8. The molecule has 1 N–H and O–H groups in total. The number of nitrogens with zero attached hydrogens (tertiary/aromatic N) is 3. The lowest BCUT2D eigenvalue weighted by atomic mass is 10.1. The number of hydrogen-bond donors (Lipinski definition) is 1. The topological polar surface area (TPSA) is 74.2 Å². The SMILES string of the molecule is CSC(=Nc1cc(C)c2oc(-c3ccc(C)cc3)nc2c1)NC#N. The van der Waals surface area contributed by atoms with E-state index < -0.39 is 0 Å². The van der Waals surface area contributed by atoms with Gasteiger partial charge in [0.1, 0.15) is 5.52 Å². The van der Waals surface area contributed by atoms with Crippen LogP contribution in [-0.2, 0) is 0 Å². The van der Waals surface area contributed by atoms with E-state index in [0.29, 0.717) is 11.1 Å². The quantitative estimate of drug-likeness (QED) is 0.322. The molecule has 0 atom stereocenters. The number of thioether (sulfide) groups is 1. The zero-order valence-electron chi connectivity index (χ0n) is 13.6. The van der Waals surface area contributed by atoms with Crippen LogP contribution in [0.1, 0.15) is 11.1 Å². The first-order chi connectivity index (χ1) is 11.6. The van der Waals surface area contributed by atoms with Crippen LogP contribution in [-0.4, -0.2) is 16.4 Å². The van der Waals surface area contributed by atoms with Crippen LogP contribution in [0.2, 0.25) is 0 Å². The second kappa shape index (κ2) is 6.77. The molecule has 3 aromatic rings. The molecule has 0 saturated carbocycles. The number of rotatable bonds is 2. The Morgan fingerprint density at radius 2 is 2.00 bits per heavy atom. The first-order valence-electron chi connectivity index (χ1n) is 7.36. The molecule has 24 heavy (non-hydrogen) atoms. The van der Waals surface area contributed by atoms with E-state index in [0.717, 1.165) is 27.9 Å². The summed E-state index contributed by atoms with van der Waals surface area (Å²) >= 11 is 1.38. The Bertz CT molecular complexity index is 952. The summed E-state index contributed by atoms with van der Waals surface area (Å²) in [6, 6.07) is 11.8. The van der Waals surface area contributed by atoms with Crippen LogP contribution in [0.4, 0.5) is 5.69 Å². The summed E-state index contributed by atoms with van der Waals surface area (Å²) in [5.74, 6) is 0.592. The first-order valence-corrected chi connectivity index (χ1v) is 8.59. The maximum atomic E-state index is 8.74. The normalized spacial score (nSPS) is 11.5. The highest BCUT2D eigenvalue weighted by molar-refractivity contribution is 8.13. The fourth-order valence-electron chi connectivity index (χ4n) is 2.36. The van der Waals surface area contributed by atoms with Gasteiger partial charge in [-0.1, -0.05) is 29.5 Å². The summed E-state index contributed by atoms with van der Waals surface area (Å²) in [6.45, 7) is 4.00. The van der Waals surface area contributed by atoms with E-state index in [-0.39, 0.29) is 0 Å². The summed E-state index contributed by atoms with van der Waals surface area (Å²) in [7, 11) is 0. The number of benzene rings is 2. The van der Waals surface area contributed by atoms with Crippen LogP contribution in [0.5, 0.6) is 0 Å². The predicted octanol–water partition coefficient (Wildman–Crippen LogP) is 4.53. The maximum absolute atomic E-state index is 8.74. The van der Waals surface area contributed by atoms with Gasteiger partial charge in [-0.15, -0.1) is 0 Å². The number of aliphatic imine (C=N–C) groups is 1. The number of oxazole rings is 1. The van der Waals surface area contributed by atoms with Crippen LogP contribution in [0.15, 0.2) is 45.8 Å². The minimum Gasteiger partial charge on any atom is -0.436 e. The van der Waals surface area contributed by atoms with Gasteiger partial charge in [0.25, 0.3) is 0 Å². The van der Waals surface area contributed by atoms with Crippen LogP contribution in [0, 0.1) is 25.3 Å². The molecule has 0 aliphatic heterocycles. The van der Waals surface area contributed by atoms with Crippen molar-refractivity contribution in [1.82, 2.24) is 10.3 Å². The monoisotopic (exact) mass is 336 g/mol. The van der Waals surface area contributed by atoms with Gasteiger partial charge in [0, 0.05) is 5.56 Å². The molecule has 3 rings (SSSR count). The van der Waals surface area contributed by atoms with E-state index in [4.69, 9.17) is 9.68 Å². The second-order valence-corrected chi connectivity index (χ2v) is 6.15. The predicted molar refractivity (Wildman–Crippen MR) is 98.3 cm³/mol. The molecule has 120 valence electrons. The lowest BCUT2D eigenvalue weighted by molar-refractivity contribution is 0.617. The smallest absolute Gasteiger partial charge is 0.227 e. The molecule has 0 bridgehead atoms. The third kappa shape index (κ3) is 3.26. The largest absolute Gasteiger partial charge is 0.436 e. The molecule has 0 radical (unpaired) electrons. The van der Waals surface area contributed by atoms with Gasteiger partial charge < -0.3 is 4.42 Å². The van der Waals surface area contributed by atoms with E-state index in [1.165, 1.54) is 17.3 Å². The maximum Gasteiger partial charge on any atom is 0.227 e. The Morgan fingerprint density at radius 1 is 1.25 bits per heavy atom. The summed E-state index contributed by atoms with van der Waals surface area (Å²) in [5.41, 5.74) is 5.32. The third-order valence-electron chi connectivity index (χ3n) is 3.55. The molecule has 0 unspecified atom stereocenters. The number of amidine groups is 1. The fraction of sp³-hybridized carbons (Fsp3) is 0.167. The van der Waals surface area contributed by atoms with Gasteiger partial charge >= 0.3 is 0 Å². The Kier molecular flexibility index (Phi) is 4.54. The minimum atomic E-state index is 0.540. The van der Waals surface area contributed by atoms with E-state index in [9.17, 15) is 0 Å². The number of hydrogen-bond acceptors (Lipinski definition) is 5. The fourth-order valence-corrected chi connectivity index (χ4v) is 2.70. The van der Waals surface area contributed by atoms with Crippen molar-refractivity contribution >= 4 is 33.7 Å². The second-order valence-electron chi connectivity index (χ2n) is 5.35. The van der Waals surface area contributed by atoms with Crippen LogP contribution in [0.3, 0.4) is 0 Å². The molecular weight excluding hydrogens is 320 g/mol. The van der Waals surface area contributed by atoms with Crippen molar-refractivity contribution in [3.63, 3.8) is 0 Å². The minimum absolute atomic E-state index is 0.540. The molecular formula is C18H16N4OS. The van der Waals surface area contributed by atoms with Crippen molar-refractivity contribution in [2.75, 3.05) is 6.26 Å². The molecule has 0 aliphatic carbocycles. The lowest BCUT2D eigenvalue weighted by Gasteiger charge is -2.01. The molecule has 0 spiro atoms. The van der Waals surface area contributed by atoms with E-state index in [1.807, 2.05) is 62.7 Å². The highest BCUT2D eigenvalue weighted by Gasteiger charge is 2.11. The molecule has 0 fully saturated rings. The van der Waals surface area contributed by atoms with E-state index in [1.54, 1.807) is 0 Å². The molecule has 1 aromatic heterocycles. The zero-order chi connectivity index (χ0) is 17.1. The first kappa shape index (κ1) is 16.1. The van der Waals surface area contributed by atoms with Crippen molar-refractivity contribution in [3.8, 4) is 17.6 Å². The van der Waals surface area contributed by atoms with Gasteiger partial charge in [-0.25, -0.2) is 9.98 Å². The molecule has 0 saturated heterocycles. The highest BCUT2D eigenvalue weighted by Crippen LogP contribution is 2.30. The van der Waals surface area contributed by atoms with Crippen molar-refractivity contribution in [2.24, 2.45) is 4.99 Å². The van der Waals surface area contributed by atoms with Crippen molar-refractivity contribution in [2.45, 2.75) is 13.8 Å². The number of aromatic nitrogens is 1. The number of fused-ring (bicyclic) bond motifs is 1. The molecule has 1 heterocycles. The molecule has 0 amide bonds. The lowest BCUT2D eigenvalue weighted by Crippen LogP contribution is -2.12. The average molecular weight is 336 g/mol. The van der Waals surface area contributed by atoms with Crippen LogP contribution >= 0.6 is 11.8 Å². The number of nitriles is 1. The zero-order valence-corrected chi connectivity index (χ0v) is 14.4. The molecule has 2 aromatic carbocycles.